The van der Waals surface area contributed by atoms with Crippen LogP contribution in [-0.4, -0.2) is 49.4 Å². The molecule has 1 aromatic carbocycles. The predicted octanol–water partition coefficient (Wildman–Crippen LogP) is 4.83. The third-order valence-corrected chi connectivity index (χ3v) is 5.44. The summed E-state index contributed by atoms with van der Waals surface area (Å²) in [5, 5.41) is 0. The van der Waals surface area contributed by atoms with Gasteiger partial charge in [0, 0.05) is 13.1 Å². The molecule has 6 heteroatoms. The molecule has 0 spiro atoms. The summed E-state index contributed by atoms with van der Waals surface area (Å²) in [4.78, 5) is 25.7. The first kappa shape index (κ1) is 23.0. The van der Waals surface area contributed by atoms with E-state index in [0.29, 0.717) is 24.0 Å². The van der Waals surface area contributed by atoms with Crippen LogP contribution >= 0.6 is 0 Å². The molecule has 0 bridgehead atoms. The number of hydrogen-bond acceptors (Lipinski definition) is 5. The second kappa shape index (κ2) is 9.99. The average molecular weight is 406 g/mol. The van der Waals surface area contributed by atoms with E-state index in [1.54, 1.807) is 6.07 Å². The number of carbonyl (C=O) groups is 2. The maximum atomic E-state index is 12.2. The van der Waals surface area contributed by atoms with Crippen LogP contribution in [0.2, 0.25) is 0 Å². The minimum absolute atomic E-state index is 0.210. The third-order valence-electron chi connectivity index (χ3n) is 5.44. The summed E-state index contributed by atoms with van der Waals surface area (Å²) in [5.41, 5.74) is 0.952. The van der Waals surface area contributed by atoms with Gasteiger partial charge in [-0.15, -0.1) is 0 Å². The molecule has 1 aliphatic rings. The lowest BCUT2D eigenvalue weighted by Gasteiger charge is -2.35. The zero-order valence-corrected chi connectivity index (χ0v) is 18.6. The maximum absolute atomic E-state index is 12.2. The number of rotatable bonds is 6. The van der Waals surface area contributed by atoms with Crippen LogP contribution in [0.3, 0.4) is 0 Å². The molecule has 1 aliphatic heterocycles. The predicted molar refractivity (Wildman–Crippen MR) is 112 cm³/mol. The van der Waals surface area contributed by atoms with E-state index in [2.05, 4.69) is 6.92 Å². The summed E-state index contributed by atoms with van der Waals surface area (Å²) < 4.78 is 16.1. The monoisotopic (exact) mass is 405 g/mol. The highest BCUT2D eigenvalue weighted by atomic mass is 16.6. The average Bonchev–Trinajstić information content (AvgIpc) is 2.66. The fourth-order valence-corrected chi connectivity index (χ4v) is 3.64. The minimum Gasteiger partial charge on any atom is -0.494 e. The van der Waals surface area contributed by atoms with Crippen LogP contribution in [0.15, 0.2) is 18.2 Å². The topological polar surface area (TPSA) is 65.1 Å². The Morgan fingerprint density at radius 1 is 1.21 bits per heavy atom. The quantitative estimate of drug-likeness (QED) is 0.634. The molecular formula is C23H35NO5. The summed E-state index contributed by atoms with van der Waals surface area (Å²) in [7, 11) is 1.38. The van der Waals surface area contributed by atoms with Crippen molar-refractivity contribution in [3.05, 3.63) is 29.3 Å². The number of likely N-dealkylation sites (tertiary alicyclic amines) is 1. The Labute approximate surface area is 174 Å². The zero-order chi connectivity index (χ0) is 21.6. The van der Waals surface area contributed by atoms with E-state index >= 15 is 0 Å². The summed E-state index contributed by atoms with van der Waals surface area (Å²) >= 11 is 0. The van der Waals surface area contributed by atoms with Gasteiger partial charge in [-0.05, 0) is 82.6 Å². The molecule has 1 unspecified atom stereocenters. The molecule has 0 aliphatic carbocycles. The number of carbonyl (C=O) groups excluding carboxylic acids is 2. The zero-order valence-electron chi connectivity index (χ0n) is 18.6. The van der Waals surface area contributed by atoms with Crippen LogP contribution in [0.1, 0.15) is 62.9 Å². The van der Waals surface area contributed by atoms with Gasteiger partial charge in [0.15, 0.2) is 0 Å². The Bertz CT molecular complexity index is 702. The number of amides is 1. The van der Waals surface area contributed by atoms with Gasteiger partial charge in [-0.1, -0.05) is 6.92 Å². The van der Waals surface area contributed by atoms with Crippen molar-refractivity contribution in [3.63, 3.8) is 0 Å². The Morgan fingerprint density at radius 3 is 2.41 bits per heavy atom. The van der Waals surface area contributed by atoms with E-state index in [1.165, 1.54) is 7.11 Å². The van der Waals surface area contributed by atoms with Crippen molar-refractivity contribution in [2.24, 2.45) is 11.8 Å². The molecule has 1 amide bonds. The highest BCUT2D eigenvalue weighted by Crippen LogP contribution is 2.28. The summed E-state index contributed by atoms with van der Waals surface area (Å²) in [6.45, 7) is 11.9. The standard InChI is InChI=1S/C23H35NO5/c1-16(18-9-12-24(13-10-18)22(26)29-23(3,4)5)11-14-28-19-7-8-20(17(2)15-19)21(25)27-6/h7-8,15-16,18H,9-14H2,1-6H3. The number of benzene rings is 1. The van der Waals surface area contributed by atoms with Gasteiger partial charge in [0.1, 0.15) is 11.4 Å². The van der Waals surface area contributed by atoms with Crippen molar-refractivity contribution in [1.29, 1.82) is 0 Å². The first-order valence-electron chi connectivity index (χ1n) is 10.4. The van der Waals surface area contributed by atoms with Crippen molar-refractivity contribution >= 4 is 12.1 Å². The number of esters is 1. The molecular weight excluding hydrogens is 370 g/mol. The second-order valence-corrected chi connectivity index (χ2v) is 8.89. The minimum atomic E-state index is -0.452. The molecule has 162 valence electrons. The molecule has 0 saturated carbocycles. The highest BCUT2D eigenvalue weighted by molar-refractivity contribution is 5.91. The lowest BCUT2D eigenvalue weighted by molar-refractivity contribution is 0.0157. The van der Waals surface area contributed by atoms with Gasteiger partial charge in [-0.2, -0.15) is 0 Å². The lowest BCUT2D eigenvalue weighted by atomic mass is 9.84. The maximum Gasteiger partial charge on any atom is 0.410 e. The fraction of sp³-hybridized carbons (Fsp3) is 0.652. The van der Waals surface area contributed by atoms with E-state index < -0.39 is 5.60 Å². The molecule has 29 heavy (non-hydrogen) atoms. The molecule has 1 fully saturated rings. The summed E-state index contributed by atoms with van der Waals surface area (Å²) in [5.74, 6) is 1.54. The first-order valence-corrected chi connectivity index (χ1v) is 10.4. The van der Waals surface area contributed by atoms with Crippen molar-refractivity contribution < 1.29 is 23.8 Å². The van der Waals surface area contributed by atoms with Crippen LogP contribution in [0.5, 0.6) is 5.75 Å². The Morgan fingerprint density at radius 2 is 1.86 bits per heavy atom. The van der Waals surface area contributed by atoms with Gasteiger partial charge in [0.2, 0.25) is 0 Å². The van der Waals surface area contributed by atoms with Crippen LogP contribution in [0, 0.1) is 18.8 Å². The van der Waals surface area contributed by atoms with Gasteiger partial charge < -0.3 is 19.1 Å². The van der Waals surface area contributed by atoms with E-state index in [1.807, 2.05) is 44.7 Å². The number of nitrogens with zero attached hydrogens (tertiary/aromatic N) is 1. The van der Waals surface area contributed by atoms with Crippen molar-refractivity contribution in [2.75, 3.05) is 26.8 Å². The fourth-order valence-electron chi connectivity index (χ4n) is 3.64. The van der Waals surface area contributed by atoms with Crippen LogP contribution < -0.4 is 4.74 Å². The van der Waals surface area contributed by atoms with Crippen molar-refractivity contribution in [3.8, 4) is 5.75 Å². The summed E-state index contributed by atoms with van der Waals surface area (Å²) in [6.07, 6.45) is 2.73. The second-order valence-electron chi connectivity index (χ2n) is 8.89. The molecule has 1 saturated heterocycles. The number of piperidine rings is 1. The molecule has 1 heterocycles. The van der Waals surface area contributed by atoms with E-state index in [9.17, 15) is 9.59 Å². The molecule has 0 aromatic heterocycles. The van der Waals surface area contributed by atoms with Gasteiger partial charge in [-0.25, -0.2) is 9.59 Å². The Kier molecular flexibility index (Phi) is 7.94. The van der Waals surface area contributed by atoms with Gasteiger partial charge in [0.25, 0.3) is 0 Å². The lowest BCUT2D eigenvalue weighted by Crippen LogP contribution is -2.42. The highest BCUT2D eigenvalue weighted by Gasteiger charge is 2.29. The van der Waals surface area contributed by atoms with Gasteiger partial charge >= 0.3 is 12.1 Å². The number of methoxy groups -OCH3 is 1. The van der Waals surface area contributed by atoms with Crippen molar-refractivity contribution in [2.45, 2.75) is 59.5 Å². The van der Waals surface area contributed by atoms with Crippen LogP contribution in [0.4, 0.5) is 4.79 Å². The van der Waals surface area contributed by atoms with Gasteiger partial charge in [-0.3, -0.25) is 0 Å². The number of ether oxygens (including phenoxy) is 3. The van der Waals surface area contributed by atoms with E-state index in [0.717, 1.165) is 43.7 Å². The number of hydrogen-bond donors (Lipinski definition) is 0. The van der Waals surface area contributed by atoms with Crippen molar-refractivity contribution in [1.82, 2.24) is 4.90 Å². The first-order chi connectivity index (χ1) is 13.6. The summed E-state index contributed by atoms with van der Waals surface area (Å²) in [6, 6.07) is 5.42. The molecule has 1 aromatic rings. The van der Waals surface area contributed by atoms with E-state index in [-0.39, 0.29) is 12.1 Å². The van der Waals surface area contributed by atoms with Crippen LogP contribution in [0.25, 0.3) is 0 Å². The van der Waals surface area contributed by atoms with Crippen LogP contribution in [-0.2, 0) is 9.47 Å². The van der Waals surface area contributed by atoms with E-state index in [4.69, 9.17) is 14.2 Å². The smallest absolute Gasteiger partial charge is 0.410 e. The number of aryl methyl sites for hydroxylation is 1. The molecule has 0 N–H and O–H groups in total. The molecule has 1 atom stereocenters. The Balaban J connectivity index is 1.75. The normalized spacial score (nSPS) is 16.3. The largest absolute Gasteiger partial charge is 0.494 e. The Hall–Kier alpha value is -2.24. The SMILES string of the molecule is COC(=O)c1ccc(OCCC(C)C2CCN(C(=O)OC(C)(C)C)CC2)cc1C. The van der Waals surface area contributed by atoms with Gasteiger partial charge in [0.05, 0.1) is 19.3 Å². The molecule has 0 radical (unpaired) electrons. The third kappa shape index (κ3) is 6.94. The molecule has 6 nitrogen and oxygen atoms in total. The molecule has 2 rings (SSSR count).